The predicted molar refractivity (Wildman–Crippen MR) is 108 cm³/mol. The van der Waals surface area contributed by atoms with Crippen LogP contribution in [0, 0.1) is 27.2 Å². The van der Waals surface area contributed by atoms with Gasteiger partial charge in [-0.2, -0.15) is 10.2 Å². The Balaban J connectivity index is 1.81. The number of benzene rings is 2. The topological polar surface area (TPSA) is 128 Å². The smallest absolute Gasteiger partial charge is 0.272 e. The Hall–Kier alpha value is -3.79. The summed E-state index contributed by atoms with van der Waals surface area (Å²) in [6.45, 7) is 2.25. The minimum atomic E-state index is -0.721. The molecule has 3 aromatic rings. The van der Waals surface area contributed by atoms with Crippen LogP contribution in [0.2, 0.25) is 5.15 Å². The number of hydrogen-bond acceptors (Lipinski definition) is 7. The summed E-state index contributed by atoms with van der Waals surface area (Å²) in [7, 11) is 0. The van der Waals surface area contributed by atoms with Gasteiger partial charge in [-0.25, -0.2) is 4.68 Å². The van der Waals surface area contributed by atoms with Crippen LogP contribution in [0.3, 0.4) is 0 Å². The molecule has 148 valence electrons. The summed E-state index contributed by atoms with van der Waals surface area (Å²) in [6, 6.07) is 12.9. The molecule has 0 amide bonds. The van der Waals surface area contributed by atoms with Gasteiger partial charge in [-0.3, -0.25) is 25.7 Å². The number of anilines is 1. The monoisotopic (exact) mass is 414 g/mol. The second-order valence-electron chi connectivity index (χ2n) is 6.02. The SMILES string of the molecule is Cc1nn(Cc2ccccc2)c(Cl)c1C=NNc1ccc([N+](=O)[O-])cc1[N+](=O)[O-]. The number of hydrogen-bond donors (Lipinski definition) is 1. The van der Waals surface area contributed by atoms with Gasteiger partial charge in [-0.15, -0.1) is 0 Å². The van der Waals surface area contributed by atoms with Crippen LogP contribution in [0.5, 0.6) is 0 Å². The van der Waals surface area contributed by atoms with E-state index in [1.165, 1.54) is 12.3 Å². The van der Waals surface area contributed by atoms with Crippen molar-refractivity contribution in [3.05, 3.63) is 90.7 Å². The van der Waals surface area contributed by atoms with Gasteiger partial charge in [0.15, 0.2) is 0 Å². The second-order valence-corrected chi connectivity index (χ2v) is 6.38. The van der Waals surface area contributed by atoms with Crippen LogP contribution < -0.4 is 5.43 Å². The number of rotatable bonds is 7. The maximum absolute atomic E-state index is 11.2. The average molecular weight is 415 g/mol. The van der Waals surface area contributed by atoms with Crippen LogP contribution in [0.25, 0.3) is 0 Å². The van der Waals surface area contributed by atoms with E-state index in [1.807, 2.05) is 30.3 Å². The van der Waals surface area contributed by atoms with E-state index in [2.05, 4.69) is 15.6 Å². The van der Waals surface area contributed by atoms with E-state index in [0.717, 1.165) is 17.7 Å². The van der Waals surface area contributed by atoms with Crippen LogP contribution in [0.4, 0.5) is 17.1 Å². The van der Waals surface area contributed by atoms with Gasteiger partial charge >= 0.3 is 5.69 Å². The van der Waals surface area contributed by atoms with Crippen LogP contribution >= 0.6 is 11.6 Å². The molecule has 0 saturated heterocycles. The Morgan fingerprint density at radius 1 is 1.17 bits per heavy atom. The highest BCUT2D eigenvalue weighted by Crippen LogP contribution is 2.29. The van der Waals surface area contributed by atoms with E-state index >= 15 is 0 Å². The van der Waals surface area contributed by atoms with E-state index < -0.39 is 15.5 Å². The van der Waals surface area contributed by atoms with Crippen molar-refractivity contribution in [1.29, 1.82) is 0 Å². The molecule has 0 atom stereocenters. The van der Waals surface area contributed by atoms with Crippen molar-refractivity contribution < 1.29 is 9.85 Å². The lowest BCUT2D eigenvalue weighted by Gasteiger charge is -2.03. The molecule has 0 aliphatic rings. The third-order valence-corrected chi connectivity index (χ3v) is 4.45. The minimum Gasteiger partial charge on any atom is -0.272 e. The third kappa shape index (κ3) is 4.55. The first-order valence-corrected chi connectivity index (χ1v) is 8.73. The summed E-state index contributed by atoms with van der Waals surface area (Å²) >= 11 is 6.40. The van der Waals surface area contributed by atoms with Gasteiger partial charge < -0.3 is 0 Å². The second kappa shape index (κ2) is 8.48. The number of hydrazone groups is 1. The van der Waals surface area contributed by atoms with Crippen LogP contribution in [0.1, 0.15) is 16.8 Å². The maximum Gasteiger partial charge on any atom is 0.301 e. The van der Waals surface area contributed by atoms with E-state index in [4.69, 9.17) is 11.6 Å². The molecule has 1 N–H and O–H groups in total. The number of non-ortho nitro benzene ring substituents is 1. The van der Waals surface area contributed by atoms with Crippen LogP contribution in [-0.2, 0) is 6.54 Å². The molecule has 1 aromatic heterocycles. The number of nitro groups is 2. The van der Waals surface area contributed by atoms with E-state index in [-0.39, 0.29) is 11.4 Å². The Morgan fingerprint density at radius 2 is 1.90 bits per heavy atom. The largest absolute Gasteiger partial charge is 0.301 e. The zero-order valence-corrected chi connectivity index (χ0v) is 15.9. The highest BCUT2D eigenvalue weighted by atomic mass is 35.5. The van der Waals surface area contributed by atoms with Crippen molar-refractivity contribution in [2.75, 3.05) is 5.43 Å². The Kier molecular flexibility index (Phi) is 5.84. The average Bonchev–Trinajstić information content (AvgIpc) is 2.96. The first-order valence-electron chi connectivity index (χ1n) is 8.35. The molecule has 1 heterocycles. The zero-order valence-electron chi connectivity index (χ0n) is 15.2. The Morgan fingerprint density at radius 3 is 2.55 bits per heavy atom. The summed E-state index contributed by atoms with van der Waals surface area (Å²) in [5.74, 6) is 0. The van der Waals surface area contributed by atoms with Gasteiger partial charge in [-0.05, 0) is 18.6 Å². The normalized spacial score (nSPS) is 11.0. The summed E-state index contributed by atoms with van der Waals surface area (Å²) in [5, 5.41) is 30.7. The highest BCUT2D eigenvalue weighted by Gasteiger charge is 2.19. The Labute approximate surface area is 169 Å². The number of nitro benzene ring substituents is 2. The molecular weight excluding hydrogens is 400 g/mol. The van der Waals surface area contributed by atoms with Crippen molar-refractivity contribution in [3.8, 4) is 0 Å². The number of halogens is 1. The predicted octanol–water partition coefficient (Wildman–Crippen LogP) is 4.16. The zero-order chi connectivity index (χ0) is 21.0. The van der Waals surface area contributed by atoms with Crippen LogP contribution in [0.15, 0.2) is 53.6 Å². The van der Waals surface area contributed by atoms with Gasteiger partial charge in [-0.1, -0.05) is 41.9 Å². The fourth-order valence-corrected chi connectivity index (χ4v) is 2.90. The van der Waals surface area contributed by atoms with Gasteiger partial charge in [0, 0.05) is 6.07 Å². The van der Waals surface area contributed by atoms with Crippen molar-refractivity contribution in [3.63, 3.8) is 0 Å². The van der Waals surface area contributed by atoms with Crippen molar-refractivity contribution >= 4 is 34.9 Å². The van der Waals surface area contributed by atoms with Crippen molar-refractivity contribution in [2.24, 2.45) is 5.10 Å². The molecule has 0 saturated carbocycles. The molecular formula is C18H15ClN6O4. The summed E-state index contributed by atoms with van der Waals surface area (Å²) in [4.78, 5) is 20.5. The summed E-state index contributed by atoms with van der Waals surface area (Å²) in [6.07, 6.45) is 1.40. The molecule has 0 fully saturated rings. The number of nitrogens with zero attached hydrogens (tertiary/aromatic N) is 5. The molecule has 11 heteroatoms. The number of nitrogens with one attached hydrogen (secondary N) is 1. The lowest BCUT2D eigenvalue weighted by molar-refractivity contribution is -0.393. The number of aryl methyl sites for hydroxylation is 1. The number of aromatic nitrogens is 2. The summed E-state index contributed by atoms with van der Waals surface area (Å²) in [5.41, 5.74) is 3.92. The highest BCUT2D eigenvalue weighted by molar-refractivity contribution is 6.32. The fourth-order valence-electron chi connectivity index (χ4n) is 2.62. The molecule has 0 spiro atoms. The molecule has 0 radical (unpaired) electrons. The van der Waals surface area contributed by atoms with Gasteiger partial charge in [0.2, 0.25) is 0 Å². The standard InChI is InChI=1S/C18H15ClN6O4/c1-12-15(18(19)23(22-12)11-13-5-3-2-4-6-13)10-20-21-16-8-7-14(24(26)27)9-17(16)25(28)29/h2-10,21H,11H2,1H3. The fraction of sp³-hybridized carbons (Fsp3) is 0.111. The van der Waals surface area contributed by atoms with Crippen molar-refractivity contribution in [2.45, 2.75) is 13.5 Å². The minimum absolute atomic E-state index is 0.0160. The quantitative estimate of drug-likeness (QED) is 0.351. The molecule has 0 unspecified atom stereocenters. The van der Waals surface area contributed by atoms with E-state index in [0.29, 0.717) is 23.0 Å². The first kappa shape index (κ1) is 20.0. The molecule has 2 aromatic carbocycles. The molecule has 0 bridgehead atoms. The van der Waals surface area contributed by atoms with Gasteiger partial charge in [0.05, 0.1) is 39.9 Å². The Bertz CT molecular complexity index is 1100. The maximum atomic E-state index is 11.2. The summed E-state index contributed by atoms with van der Waals surface area (Å²) < 4.78 is 1.63. The van der Waals surface area contributed by atoms with E-state index in [9.17, 15) is 20.2 Å². The lowest BCUT2D eigenvalue weighted by Crippen LogP contribution is -2.02. The lowest BCUT2D eigenvalue weighted by atomic mass is 10.2. The molecule has 0 aliphatic heterocycles. The molecule has 3 rings (SSSR count). The van der Waals surface area contributed by atoms with Crippen LogP contribution in [-0.4, -0.2) is 25.8 Å². The molecule has 10 nitrogen and oxygen atoms in total. The third-order valence-electron chi connectivity index (χ3n) is 4.05. The molecule has 29 heavy (non-hydrogen) atoms. The molecule has 0 aliphatic carbocycles. The van der Waals surface area contributed by atoms with Gasteiger partial charge in [0.1, 0.15) is 10.8 Å². The van der Waals surface area contributed by atoms with Gasteiger partial charge in [0.25, 0.3) is 5.69 Å². The van der Waals surface area contributed by atoms with E-state index in [1.54, 1.807) is 11.6 Å². The first-order chi connectivity index (χ1) is 13.9. The van der Waals surface area contributed by atoms with Crippen molar-refractivity contribution in [1.82, 2.24) is 9.78 Å².